The zero-order chi connectivity index (χ0) is 23.2. The van der Waals surface area contributed by atoms with Crippen molar-refractivity contribution in [2.75, 3.05) is 33.4 Å². The van der Waals surface area contributed by atoms with Crippen LogP contribution in [0, 0.1) is 0 Å². The topological polar surface area (TPSA) is 52.5 Å². The molecule has 0 bridgehead atoms. The van der Waals surface area contributed by atoms with Crippen molar-refractivity contribution in [3.63, 3.8) is 0 Å². The zero-order valence-corrected chi connectivity index (χ0v) is 19.3. The van der Waals surface area contributed by atoms with E-state index in [9.17, 15) is 0 Å². The highest BCUT2D eigenvalue weighted by Gasteiger charge is 2.33. The molecule has 0 saturated carbocycles. The maximum Gasteiger partial charge on any atom is 0.129 e. The molecule has 0 aromatic heterocycles. The van der Waals surface area contributed by atoms with E-state index in [1.54, 1.807) is 28.4 Å². The second kappa shape index (κ2) is 10.1. The predicted molar refractivity (Wildman–Crippen MR) is 132 cm³/mol. The van der Waals surface area contributed by atoms with E-state index in [0.717, 1.165) is 45.5 Å². The fraction of sp³-hybridized carbons (Fsp3) is 0.222. The highest BCUT2D eigenvalue weighted by molar-refractivity contribution is 6.01. The molecular formula is C27H28N2O4. The zero-order valence-electron chi connectivity index (χ0n) is 19.3. The number of hydrogen-bond acceptors (Lipinski definition) is 6. The maximum absolute atomic E-state index is 5.70. The SMILES string of the molecule is COc1cccc(OC)c1C=CC1=NN(c2ccccc2)C(c2c(OC)cccc2OC)C1. The van der Waals surface area contributed by atoms with Crippen LogP contribution < -0.4 is 24.0 Å². The van der Waals surface area contributed by atoms with Gasteiger partial charge in [0.2, 0.25) is 0 Å². The summed E-state index contributed by atoms with van der Waals surface area (Å²) in [7, 11) is 6.66. The Hall–Kier alpha value is -3.93. The summed E-state index contributed by atoms with van der Waals surface area (Å²) in [6.45, 7) is 0. The van der Waals surface area contributed by atoms with E-state index in [1.807, 2.05) is 83.9 Å². The van der Waals surface area contributed by atoms with E-state index >= 15 is 0 Å². The molecule has 1 aliphatic rings. The number of anilines is 1. The van der Waals surface area contributed by atoms with Crippen molar-refractivity contribution in [2.24, 2.45) is 5.10 Å². The lowest BCUT2D eigenvalue weighted by Gasteiger charge is -2.26. The lowest BCUT2D eigenvalue weighted by Crippen LogP contribution is -2.19. The summed E-state index contributed by atoms with van der Waals surface area (Å²) in [6.07, 6.45) is 4.68. The Balaban J connectivity index is 1.75. The molecule has 170 valence electrons. The van der Waals surface area contributed by atoms with Gasteiger partial charge in [0.15, 0.2) is 0 Å². The molecule has 6 heteroatoms. The van der Waals surface area contributed by atoms with Gasteiger partial charge in [-0.25, -0.2) is 0 Å². The normalized spacial score (nSPS) is 15.5. The van der Waals surface area contributed by atoms with Gasteiger partial charge in [-0.3, -0.25) is 5.01 Å². The number of hydrazone groups is 1. The third kappa shape index (κ3) is 4.51. The first-order chi connectivity index (χ1) is 16.2. The van der Waals surface area contributed by atoms with E-state index in [0.29, 0.717) is 6.42 Å². The molecule has 0 aliphatic carbocycles. The van der Waals surface area contributed by atoms with Crippen LogP contribution in [0.25, 0.3) is 6.08 Å². The summed E-state index contributed by atoms with van der Waals surface area (Å²) in [5, 5.41) is 6.99. The number of ether oxygens (including phenoxy) is 4. The van der Waals surface area contributed by atoms with Crippen LogP contribution in [0.1, 0.15) is 23.6 Å². The molecule has 3 aromatic rings. The summed E-state index contributed by atoms with van der Waals surface area (Å²) in [6, 6.07) is 21.6. The Morgan fingerprint density at radius 3 is 1.79 bits per heavy atom. The number of rotatable bonds is 8. The number of nitrogens with zero attached hydrogens (tertiary/aromatic N) is 2. The molecule has 0 saturated heterocycles. The molecule has 0 fully saturated rings. The van der Waals surface area contributed by atoms with Gasteiger partial charge in [-0.1, -0.05) is 30.3 Å². The minimum atomic E-state index is -0.0854. The standard InChI is InChI=1S/C27H28N2O4/c1-30-23-12-8-13-24(31-2)21(23)17-16-19-18-22(29(28-19)20-10-6-5-7-11-20)27-25(32-3)14-9-15-26(27)33-4/h5-17,22H,18H2,1-4H3. The molecule has 1 atom stereocenters. The van der Waals surface area contributed by atoms with Crippen LogP contribution >= 0.6 is 0 Å². The van der Waals surface area contributed by atoms with Crippen LogP contribution in [-0.2, 0) is 0 Å². The number of methoxy groups -OCH3 is 4. The molecule has 1 heterocycles. The Morgan fingerprint density at radius 1 is 0.697 bits per heavy atom. The van der Waals surface area contributed by atoms with E-state index in [4.69, 9.17) is 24.0 Å². The summed E-state index contributed by atoms with van der Waals surface area (Å²) in [5.41, 5.74) is 3.75. The second-order valence-electron chi connectivity index (χ2n) is 7.48. The Morgan fingerprint density at radius 2 is 1.24 bits per heavy atom. The average Bonchev–Trinajstić information content (AvgIpc) is 3.30. The van der Waals surface area contributed by atoms with Crippen molar-refractivity contribution in [1.82, 2.24) is 0 Å². The number of benzene rings is 3. The molecule has 0 amide bonds. The molecule has 0 radical (unpaired) electrons. The van der Waals surface area contributed by atoms with E-state index in [2.05, 4.69) is 0 Å². The van der Waals surface area contributed by atoms with Gasteiger partial charge >= 0.3 is 0 Å². The second-order valence-corrected chi connectivity index (χ2v) is 7.48. The largest absolute Gasteiger partial charge is 0.496 e. The predicted octanol–water partition coefficient (Wildman–Crippen LogP) is 5.74. The number of para-hydroxylation sites is 1. The molecular weight excluding hydrogens is 416 g/mol. The maximum atomic E-state index is 5.70. The first-order valence-electron chi connectivity index (χ1n) is 10.7. The van der Waals surface area contributed by atoms with Gasteiger partial charge in [-0.05, 0) is 48.6 Å². The van der Waals surface area contributed by atoms with Crippen molar-refractivity contribution in [2.45, 2.75) is 12.5 Å². The fourth-order valence-corrected chi connectivity index (χ4v) is 4.11. The smallest absolute Gasteiger partial charge is 0.129 e. The Labute approximate surface area is 194 Å². The van der Waals surface area contributed by atoms with Gasteiger partial charge in [-0.15, -0.1) is 0 Å². The highest BCUT2D eigenvalue weighted by atomic mass is 16.5. The molecule has 4 rings (SSSR count). The van der Waals surface area contributed by atoms with Crippen molar-refractivity contribution >= 4 is 17.5 Å². The molecule has 0 N–H and O–H groups in total. The van der Waals surface area contributed by atoms with Gasteiger partial charge < -0.3 is 18.9 Å². The van der Waals surface area contributed by atoms with Crippen LogP contribution in [-0.4, -0.2) is 34.2 Å². The number of hydrogen-bond donors (Lipinski definition) is 0. The first-order valence-corrected chi connectivity index (χ1v) is 10.7. The Bertz CT molecular complexity index is 1110. The third-order valence-corrected chi connectivity index (χ3v) is 5.66. The highest BCUT2D eigenvalue weighted by Crippen LogP contribution is 2.44. The van der Waals surface area contributed by atoms with Crippen LogP contribution in [0.2, 0.25) is 0 Å². The van der Waals surface area contributed by atoms with Gasteiger partial charge in [0, 0.05) is 6.42 Å². The molecule has 6 nitrogen and oxygen atoms in total. The summed E-state index contributed by atoms with van der Waals surface area (Å²) < 4.78 is 22.5. The van der Waals surface area contributed by atoms with Crippen LogP contribution in [0.3, 0.4) is 0 Å². The van der Waals surface area contributed by atoms with E-state index in [1.165, 1.54) is 0 Å². The lowest BCUT2D eigenvalue weighted by molar-refractivity contribution is 0.379. The van der Waals surface area contributed by atoms with Crippen LogP contribution in [0.4, 0.5) is 5.69 Å². The van der Waals surface area contributed by atoms with E-state index in [-0.39, 0.29) is 6.04 Å². The van der Waals surface area contributed by atoms with Gasteiger partial charge in [-0.2, -0.15) is 5.10 Å². The van der Waals surface area contributed by atoms with Crippen LogP contribution in [0.15, 0.2) is 77.9 Å². The molecule has 0 spiro atoms. The van der Waals surface area contributed by atoms with Gasteiger partial charge in [0.25, 0.3) is 0 Å². The summed E-state index contributed by atoms with van der Waals surface area (Å²) in [5.74, 6) is 3.03. The first kappa shape index (κ1) is 22.3. The van der Waals surface area contributed by atoms with Crippen LogP contribution in [0.5, 0.6) is 23.0 Å². The minimum absolute atomic E-state index is 0.0854. The molecule has 3 aromatic carbocycles. The summed E-state index contributed by atoms with van der Waals surface area (Å²) >= 11 is 0. The van der Waals surface area contributed by atoms with Crippen molar-refractivity contribution in [3.8, 4) is 23.0 Å². The van der Waals surface area contributed by atoms with Crippen molar-refractivity contribution in [3.05, 3.63) is 83.9 Å². The molecule has 1 aliphatic heterocycles. The monoisotopic (exact) mass is 444 g/mol. The summed E-state index contributed by atoms with van der Waals surface area (Å²) in [4.78, 5) is 0. The third-order valence-electron chi connectivity index (χ3n) is 5.66. The van der Waals surface area contributed by atoms with Gasteiger partial charge in [0.05, 0.1) is 57.0 Å². The van der Waals surface area contributed by atoms with Gasteiger partial charge in [0.1, 0.15) is 23.0 Å². The van der Waals surface area contributed by atoms with Crippen molar-refractivity contribution < 1.29 is 18.9 Å². The molecule has 1 unspecified atom stereocenters. The van der Waals surface area contributed by atoms with E-state index < -0.39 is 0 Å². The quantitative estimate of drug-likeness (QED) is 0.443. The average molecular weight is 445 g/mol. The minimum Gasteiger partial charge on any atom is -0.496 e. The molecule has 33 heavy (non-hydrogen) atoms. The Kier molecular flexibility index (Phi) is 6.83. The van der Waals surface area contributed by atoms with Crippen molar-refractivity contribution in [1.29, 1.82) is 0 Å². The fourth-order valence-electron chi connectivity index (χ4n) is 4.11. The lowest BCUT2D eigenvalue weighted by atomic mass is 9.98. The number of allylic oxidation sites excluding steroid dienone is 1.